The number of piperidine rings is 1. The van der Waals surface area contributed by atoms with Gasteiger partial charge in [0.1, 0.15) is 5.82 Å². The molecule has 0 unspecified atom stereocenters. The van der Waals surface area contributed by atoms with E-state index in [1.54, 1.807) is 0 Å². The highest BCUT2D eigenvalue weighted by molar-refractivity contribution is 5.03. The molecule has 1 aromatic rings. The van der Waals surface area contributed by atoms with Gasteiger partial charge in [-0.3, -0.25) is 0 Å². The Bertz CT molecular complexity index is 335. The van der Waals surface area contributed by atoms with Crippen LogP contribution >= 0.6 is 0 Å². The molecule has 88 valence electrons. The van der Waals surface area contributed by atoms with Gasteiger partial charge in [0.25, 0.3) is 0 Å². The lowest BCUT2D eigenvalue weighted by molar-refractivity contribution is 0.270. The van der Waals surface area contributed by atoms with E-state index >= 15 is 0 Å². The second-order valence-corrected chi connectivity index (χ2v) is 5.28. The summed E-state index contributed by atoms with van der Waals surface area (Å²) in [6, 6.07) is 0. The first-order valence-corrected chi connectivity index (χ1v) is 6.65. The van der Waals surface area contributed by atoms with Crippen LogP contribution in [0.5, 0.6) is 0 Å². The van der Waals surface area contributed by atoms with E-state index in [0.717, 1.165) is 12.5 Å². The van der Waals surface area contributed by atoms with Crippen LogP contribution in [0.15, 0.2) is 12.4 Å². The van der Waals surface area contributed by atoms with Gasteiger partial charge in [0.05, 0.1) is 0 Å². The van der Waals surface area contributed by atoms with Crippen molar-refractivity contribution < 1.29 is 0 Å². The Morgan fingerprint density at radius 1 is 1.31 bits per heavy atom. The molecule has 3 heteroatoms. The van der Waals surface area contributed by atoms with E-state index < -0.39 is 0 Å². The minimum absolute atomic E-state index is 0.642. The molecule has 0 spiro atoms. The topological polar surface area (TPSA) is 29.9 Å². The minimum atomic E-state index is 0.642. The highest BCUT2D eigenvalue weighted by atomic mass is 15.1. The van der Waals surface area contributed by atoms with Crippen molar-refractivity contribution >= 4 is 0 Å². The second kappa shape index (κ2) is 4.58. The van der Waals surface area contributed by atoms with Crippen molar-refractivity contribution in [2.75, 3.05) is 13.1 Å². The summed E-state index contributed by atoms with van der Waals surface area (Å²) in [6.45, 7) is 3.49. The lowest BCUT2D eigenvalue weighted by atomic mass is 9.85. The monoisotopic (exact) mass is 219 g/mol. The molecule has 0 amide bonds. The summed E-state index contributed by atoms with van der Waals surface area (Å²) in [4.78, 5) is 4.57. The molecule has 1 saturated carbocycles. The Hall–Kier alpha value is -0.830. The third-order valence-corrected chi connectivity index (χ3v) is 4.09. The van der Waals surface area contributed by atoms with Crippen molar-refractivity contribution in [2.24, 2.45) is 5.92 Å². The fourth-order valence-electron chi connectivity index (χ4n) is 2.86. The summed E-state index contributed by atoms with van der Waals surface area (Å²) in [7, 11) is 0. The average Bonchev–Trinajstić information content (AvgIpc) is 2.73. The number of rotatable bonds is 3. The number of nitrogens with one attached hydrogen (secondary N) is 1. The van der Waals surface area contributed by atoms with Crippen LogP contribution in [0.4, 0.5) is 0 Å². The predicted octanol–water partition coefficient (Wildman–Crippen LogP) is 2.15. The summed E-state index contributed by atoms with van der Waals surface area (Å²) < 4.78 is 2.40. The maximum atomic E-state index is 4.57. The SMILES string of the molecule is c1cn(CC2CCC2)c([C@H]2CCCNC2)n1. The van der Waals surface area contributed by atoms with Crippen molar-refractivity contribution in [1.29, 1.82) is 0 Å². The normalized spacial score (nSPS) is 26.6. The lowest BCUT2D eigenvalue weighted by Crippen LogP contribution is -2.30. The van der Waals surface area contributed by atoms with Crippen molar-refractivity contribution in [3.63, 3.8) is 0 Å². The standard InChI is InChI=1S/C13H21N3/c1-3-11(4-1)10-16-8-7-15-13(16)12-5-2-6-14-9-12/h7-8,11-12,14H,1-6,9-10H2/t12-/m0/s1. The van der Waals surface area contributed by atoms with E-state index in [1.807, 2.05) is 6.20 Å². The Balaban J connectivity index is 1.70. The highest BCUT2D eigenvalue weighted by Crippen LogP contribution is 2.29. The summed E-state index contributed by atoms with van der Waals surface area (Å²) in [6.07, 6.45) is 11.0. The first-order chi connectivity index (χ1) is 7.93. The van der Waals surface area contributed by atoms with Crippen LogP contribution in [0.1, 0.15) is 43.8 Å². The average molecular weight is 219 g/mol. The molecule has 16 heavy (non-hydrogen) atoms. The zero-order valence-corrected chi connectivity index (χ0v) is 9.86. The van der Waals surface area contributed by atoms with E-state index in [-0.39, 0.29) is 0 Å². The molecule has 1 saturated heterocycles. The molecule has 1 aromatic heterocycles. The molecule has 2 heterocycles. The summed E-state index contributed by atoms with van der Waals surface area (Å²) in [5.41, 5.74) is 0. The molecular weight excluding hydrogens is 198 g/mol. The Morgan fingerprint density at radius 2 is 2.25 bits per heavy atom. The quantitative estimate of drug-likeness (QED) is 0.844. The van der Waals surface area contributed by atoms with E-state index in [0.29, 0.717) is 5.92 Å². The van der Waals surface area contributed by atoms with Crippen LogP contribution in [0.25, 0.3) is 0 Å². The smallest absolute Gasteiger partial charge is 0.113 e. The summed E-state index contributed by atoms with van der Waals surface area (Å²) >= 11 is 0. The van der Waals surface area contributed by atoms with E-state index in [9.17, 15) is 0 Å². The molecule has 3 nitrogen and oxygen atoms in total. The number of imidazole rings is 1. The molecule has 2 fully saturated rings. The maximum absolute atomic E-state index is 4.57. The Morgan fingerprint density at radius 3 is 2.94 bits per heavy atom. The van der Waals surface area contributed by atoms with Crippen LogP contribution in [0, 0.1) is 5.92 Å². The lowest BCUT2D eigenvalue weighted by Gasteiger charge is -2.28. The summed E-state index contributed by atoms with van der Waals surface area (Å²) in [5, 5.41) is 3.48. The van der Waals surface area contributed by atoms with Crippen LogP contribution in [-0.4, -0.2) is 22.6 Å². The Labute approximate surface area is 97.3 Å². The minimum Gasteiger partial charge on any atom is -0.334 e. The van der Waals surface area contributed by atoms with Crippen LogP contribution in [-0.2, 0) is 6.54 Å². The molecule has 0 aromatic carbocycles. The zero-order valence-electron chi connectivity index (χ0n) is 9.86. The molecular formula is C13H21N3. The van der Waals surface area contributed by atoms with Crippen molar-refractivity contribution in [3.05, 3.63) is 18.2 Å². The summed E-state index contributed by atoms with van der Waals surface area (Å²) in [5.74, 6) is 2.88. The molecule has 1 N–H and O–H groups in total. The van der Waals surface area contributed by atoms with Gasteiger partial charge >= 0.3 is 0 Å². The van der Waals surface area contributed by atoms with Crippen LogP contribution in [0.3, 0.4) is 0 Å². The highest BCUT2D eigenvalue weighted by Gasteiger charge is 2.23. The third-order valence-electron chi connectivity index (χ3n) is 4.09. The predicted molar refractivity (Wildman–Crippen MR) is 64.4 cm³/mol. The number of hydrogen-bond donors (Lipinski definition) is 1. The molecule has 3 rings (SSSR count). The van der Waals surface area contributed by atoms with Gasteiger partial charge in [-0.2, -0.15) is 0 Å². The Kier molecular flexibility index (Phi) is 2.96. The van der Waals surface area contributed by atoms with E-state index in [1.165, 1.54) is 51.0 Å². The van der Waals surface area contributed by atoms with Gasteiger partial charge in [-0.25, -0.2) is 4.98 Å². The van der Waals surface area contributed by atoms with Gasteiger partial charge in [-0.05, 0) is 38.1 Å². The largest absolute Gasteiger partial charge is 0.334 e. The zero-order chi connectivity index (χ0) is 10.8. The molecule has 1 aliphatic heterocycles. The van der Waals surface area contributed by atoms with Crippen LogP contribution < -0.4 is 5.32 Å². The number of aromatic nitrogens is 2. The van der Waals surface area contributed by atoms with E-state index in [2.05, 4.69) is 21.1 Å². The molecule has 0 radical (unpaired) electrons. The molecule has 2 aliphatic rings. The second-order valence-electron chi connectivity index (χ2n) is 5.28. The van der Waals surface area contributed by atoms with Crippen molar-refractivity contribution in [1.82, 2.24) is 14.9 Å². The van der Waals surface area contributed by atoms with Gasteiger partial charge in [0.2, 0.25) is 0 Å². The number of hydrogen-bond acceptors (Lipinski definition) is 2. The number of nitrogens with zero attached hydrogens (tertiary/aromatic N) is 2. The van der Waals surface area contributed by atoms with Crippen LogP contribution in [0.2, 0.25) is 0 Å². The van der Waals surface area contributed by atoms with Gasteiger partial charge < -0.3 is 9.88 Å². The third kappa shape index (κ3) is 2.01. The first-order valence-electron chi connectivity index (χ1n) is 6.65. The molecule has 1 aliphatic carbocycles. The molecule has 0 bridgehead atoms. The van der Waals surface area contributed by atoms with Gasteiger partial charge in [-0.15, -0.1) is 0 Å². The fourth-order valence-corrected chi connectivity index (χ4v) is 2.86. The van der Waals surface area contributed by atoms with Crippen molar-refractivity contribution in [2.45, 2.75) is 44.6 Å². The van der Waals surface area contributed by atoms with Gasteiger partial charge in [0, 0.05) is 31.4 Å². The van der Waals surface area contributed by atoms with Crippen molar-refractivity contribution in [3.8, 4) is 0 Å². The van der Waals surface area contributed by atoms with Gasteiger partial charge in [0.15, 0.2) is 0 Å². The first kappa shape index (κ1) is 10.3. The fraction of sp³-hybridized carbons (Fsp3) is 0.769. The molecule has 1 atom stereocenters. The maximum Gasteiger partial charge on any atom is 0.113 e. The van der Waals surface area contributed by atoms with Gasteiger partial charge in [-0.1, -0.05) is 6.42 Å². The van der Waals surface area contributed by atoms with E-state index in [4.69, 9.17) is 0 Å².